The highest BCUT2D eigenvalue weighted by Crippen LogP contribution is 2.21. The summed E-state index contributed by atoms with van der Waals surface area (Å²) in [6.45, 7) is 7.79. The van der Waals surface area contributed by atoms with Gasteiger partial charge in [0.25, 0.3) is 0 Å². The van der Waals surface area contributed by atoms with Crippen LogP contribution in [0, 0.1) is 11.8 Å². The lowest BCUT2D eigenvalue weighted by Crippen LogP contribution is -2.33. The molecule has 2 fully saturated rings. The summed E-state index contributed by atoms with van der Waals surface area (Å²) in [7, 11) is 8.60. The fourth-order valence-corrected chi connectivity index (χ4v) is 4.64. The number of ether oxygens (including phenoxy) is 1. The van der Waals surface area contributed by atoms with Crippen LogP contribution in [0.5, 0.6) is 0 Å². The van der Waals surface area contributed by atoms with E-state index in [9.17, 15) is 9.59 Å². The van der Waals surface area contributed by atoms with Gasteiger partial charge in [0.2, 0.25) is 5.91 Å². The Hall–Kier alpha value is -1.92. The Kier molecular flexibility index (Phi) is 15.7. The summed E-state index contributed by atoms with van der Waals surface area (Å²) in [5, 5.41) is 1.33. The van der Waals surface area contributed by atoms with Crippen LogP contribution < -0.4 is 0 Å². The Morgan fingerprint density at radius 3 is 1.77 bits per heavy atom. The minimum atomic E-state index is -0.667. The van der Waals surface area contributed by atoms with Crippen LogP contribution in [0.3, 0.4) is 0 Å². The first-order chi connectivity index (χ1) is 18.7. The first-order valence-corrected chi connectivity index (χ1v) is 17.9. The fraction of sp³-hybridized carbons (Fsp3) is 0.533. The molecule has 0 spiro atoms. The summed E-state index contributed by atoms with van der Waals surface area (Å²) in [5.74, 6) is 4.32. The fourth-order valence-electron chi connectivity index (χ4n) is 4.64. The molecule has 2 unspecified atom stereocenters. The molecule has 1 amide bonds. The maximum Gasteiger partial charge on any atom is 0.393 e. The second-order valence-corrected chi connectivity index (χ2v) is 14.8. The molecule has 2 atom stereocenters. The molecule has 4 rings (SSSR count). The predicted molar refractivity (Wildman–Crippen MR) is 159 cm³/mol. The Bertz CT molecular complexity index is 964. The number of esters is 1. The zero-order valence-corrected chi connectivity index (χ0v) is 26.1. The van der Waals surface area contributed by atoms with Crippen molar-refractivity contribution in [1.29, 1.82) is 0 Å². The summed E-state index contributed by atoms with van der Waals surface area (Å²) in [4.78, 5) is 33.1. The van der Waals surface area contributed by atoms with E-state index in [2.05, 4.69) is 45.6 Å². The lowest BCUT2D eigenvalue weighted by atomic mass is 10.1. The van der Waals surface area contributed by atoms with Gasteiger partial charge in [0, 0.05) is 33.2 Å². The Morgan fingerprint density at radius 2 is 1.33 bits per heavy atom. The van der Waals surface area contributed by atoms with E-state index in [0.717, 1.165) is 52.1 Å². The molecule has 0 N–H and O–H groups in total. The van der Waals surface area contributed by atoms with Crippen molar-refractivity contribution in [3.8, 4) is 0 Å². The highest BCUT2D eigenvalue weighted by molar-refractivity contribution is 7.05. The highest BCUT2D eigenvalue weighted by Gasteiger charge is 2.30. The van der Waals surface area contributed by atoms with Crippen LogP contribution in [0.2, 0.25) is 11.6 Å². The zero-order chi connectivity index (χ0) is 28.6. The Balaban J connectivity index is 0.000000241. The number of rotatable bonds is 8. The Labute approximate surface area is 243 Å². The number of nitrogens with zero attached hydrogens (tertiary/aromatic N) is 3. The van der Waals surface area contributed by atoms with Crippen LogP contribution in [-0.2, 0) is 32.3 Å². The SMILES string of the molecule is CCOC(=O)C1CCN(Cc2ccccc2)C1.CON(C)C(=O)C1CCN(Cc2ccccc2)C1.[CH3][Al]([CH3])[Cl]. The third-order valence-corrected chi connectivity index (χ3v) is 6.60. The van der Waals surface area contributed by atoms with Gasteiger partial charge in [-0.15, -0.1) is 0 Å². The van der Waals surface area contributed by atoms with Gasteiger partial charge in [-0.05, 0) is 44.0 Å². The molecule has 214 valence electrons. The van der Waals surface area contributed by atoms with Crippen molar-refractivity contribution in [2.75, 3.05) is 46.9 Å². The normalized spacial score (nSPS) is 18.8. The minimum Gasteiger partial charge on any atom is -0.466 e. The molecule has 0 saturated carbocycles. The monoisotopic (exact) mass is 573 g/mol. The summed E-state index contributed by atoms with van der Waals surface area (Å²) >= 11 is -0.667. The number of likely N-dealkylation sites (tertiary alicyclic amines) is 2. The van der Waals surface area contributed by atoms with E-state index in [4.69, 9.17) is 19.6 Å². The summed E-state index contributed by atoms with van der Waals surface area (Å²) in [5.41, 5.74) is 2.60. The van der Waals surface area contributed by atoms with Crippen LogP contribution in [0.15, 0.2) is 60.7 Å². The topological polar surface area (TPSA) is 62.3 Å². The van der Waals surface area contributed by atoms with Crippen molar-refractivity contribution in [2.24, 2.45) is 11.8 Å². The minimum absolute atomic E-state index is 0.0388. The van der Waals surface area contributed by atoms with E-state index in [1.54, 1.807) is 7.05 Å². The first kappa shape index (κ1) is 33.3. The smallest absolute Gasteiger partial charge is 0.393 e. The van der Waals surface area contributed by atoms with Crippen LogP contribution in [-0.4, -0.2) is 86.9 Å². The largest absolute Gasteiger partial charge is 0.466 e. The molecule has 0 radical (unpaired) electrons. The van der Waals surface area contributed by atoms with Gasteiger partial charge in [-0.1, -0.05) is 72.2 Å². The average Bonchev–Trinajstić information content (AvgIpc) is 3.59. The van der Waals surface area contributed by atoms with Gasteiger partial charge in [0.05, 0.1) is 25.6 Å². The molecule has 7 nitrogen and oxygen atoms in total. The number of benzene rings is 2. The lowest BCUT2D eigenvalue weighted by Gasteiger charge is -2.19. The number of hydrogen-bond acceptors (Lipinski definition) is 6. The van der Waals surface area contributed by atoms with Crippen LogP contribution >= 0.6 is 10.0 Å². The molecule has 39 heavy (non-hydrogen) atoms. The summed E-state index contributed by atoms with van der Waals surface area (Å²) in [6, 6.07) is 20.7. The highest BCUT2D eigenvalue weighted by atomic mass is 35.6. The molecule has 0 aliphatic carbocycles. The third kappa shape index (κ3) is 12.9. The average molecular weight is 574 g/mol. The Morgan fingerprint density at radius 1 is 0.897 bits per heavy atom. The maximum atomic E-state index is 11.9. The van der Waals surface area contributed by atoms with E-state index >= 15 is 0 Å². The summed E-state index contributed by atoms with van der Waals surface area (Å²) < 4.78 is 5.06. The van der Waals surface area contributed by atoms with Crippen molar-refractivity contribution >= 4 is 35.2 Å². The van der Waals surface area contributed by atoms with Crippen LogP contribution in [0.1, 0.15) is 30.9 Å². The zero-order valence-electron chi connectivity index (χ0n) is 24.2. The summed E-state index contributed by atoms with van der Waals surface area (Å²) in [6.07, 6.45) is 1.84. The second kappa shape index (κ2) is 18.4. The molecular weight excluding hydrogens is 529 g/mol. The lowest BCUT2D eigenvalue weighted by molar-refractivity contribution is -0.173. The number of amides is 1. The molecule has 2 aromatic carbocycles. The quantitative estimate of drug-likeness (QED) is 0.249. The molecule has 0 bridgehead atoms. The number of carbonyl (C=O) groups is 2. The first-order valence-electron chi connectivity index (χ1n) is 13.9. The van der Waals surface area contributed by atoms with Gasteiger partial charge in [-0.3, -0.25) is 34.3 Å². The molecule has 2 saturated heterocycles. The third-order valence-electron chi connectivity index (χ3n) is 6.60. The van der Waals surface area contributed by atoms with Crippen LogP contribution in [0.4, 0.5) is 0 Å². The van der Waals surface area contributed by atoms with E-state index in [-0.39, 0.29) is 23.7 Å². The van der Waals surface area contributed by atoms with Gasteiger partial charge in [-0.25, -0.2) is 5.06 Å². The molecule has 2 aliphatic heterocycles. The van der Waals surface area contributed by atoms with Crippen molar-refractivity contribution in [3.63, 3.8) is 0 Å². The van der Waals surface area contributed by atoms with Gasteiger partial charge < -0.3 is 4.74 Å². The molecule has 2 heterocycles. The van der Waals surface area contributed by atoms with E-state index < -0.39 is 13.2 Å². The van der Waals surface area contributed by atoms with Crippen LogP contribution in [0.25, 0.3) is 0 Å². The van der Waals surface area contributed by atoms with Crippen molar-refractivity contribution < 1.29 is 19.2 Å². The predicted octanol–water partition coefficient (Wildman–Crippen LogP) is 5.08. The van der Waals surface area contributed by atoms with Crippen molar-refractivity contribution in [3.05, 3.63) is 71.8 Å². The van der Waals surface area contributed by atoms with Crippen molar-refractivity contribution in [1.82, 2.24) is 14.9 Å². The second-order valence-electron chi connectivity index (χ2n) is 10.2. The van der Waals surface area contributed by atoms with Gasteiger partial charge in [0.1, 0.15) is 0 Å². The standard InChI is InChI=1S/C14H20N2O2.C14H19NO2.2CH3.Al.ClH/c1-15(18-2)14(17)13-8-9-16(11-13)10-12-6-4-3-5-7-12;1-2-17-14(16)13-8-9-15(11-13)10-12-6-4-3-5-7-12;;;;/h3-7,13H,8-11H2,1-2H3;3-7,13H,2,8-11H2,1H3;2*1H3;;1H/q;;;;+1;/p-1. The van der Waals surface area contributed by atoms with E-state index in [1.807, 2.05) is 43.3 Å². The number of carbonyl (C=O) groups excluding carboxylic acids is 2. The molecule has 2 aromatic rings. The molecule has 2 aliphatic rings. The number of halogens is 1. The number of hydroxylamine groups is 2. The van der Waals surface area contributed by atoms with Gasteiger partial charge in [0.15, 0.2) is 0 Å². The molecule has 9 heteroatoms. The molecular formula is C30H45AlClN3O4. The van der Waals surface area contributed by atoms with Gasteiger partial charge >= 0.3 is 19.2 Å². The van der Waals surface area contributed by atoms with E-state index in [1.165, 1.54) is 23.3 Å². The molecule has 0 aromatic heterocycles. The van der Waals surface area contributed by atoms with Crippen molar-refractivity contribution in [2.45, 2.75) is 44.4 Å². The number of hydrogen-bond donors (Lipinski definition) is 0. The van der Waals surface area contributed by atoms with Gasteiger partial charge in [-0.2, -0.15) is 0 Å². The van der Waals surface area contributed by atoms with E-state index in [0.29, 0.717) is 6.61 Å². The maximum absolute atomic E-state index is 11.9.